The Labute approximate surface area is 297 Å². The van der Waals surface area contributed by atoms with E-state index in [0.717, 1.165) is 12.3 Å². The summed E-state index contributed by atoms with van der Waals surface area (Å²) in [5.41, 5.74) is 0.549. The van der Waals surface area contributed by atoms with E-state index in [-0.39, 0.29) is 11.0 Å². The van der Waals surface area contributed by atoms with Crippen molar-refractivity contribution in [2.45, 2.75) is 201 Å². The molecule has 0 N–H and O–H groups in total. The first kappa shape index (κ1) is 40.5. The van der Waals surface area contributed by atoms with Crippen molar-refractivity contribution in [1.29, 1.82) is 0 Å². The lowest BCUT2D eigenvalue weighted by atomic mass is 9.43. The molecule has 0 heterocycles. The smallest absolute Gasteiger partial charge is 0.184 e. The van der Waals surface area contributed by atoms with Crippen molar-refractivity contribution in [3.8, 4) is 0 Å². The van der Waals surface area contributed by atoms with Crippen molar-refractivity contribution in [2.75, 3.05) is 0 Å². The molecule has 4 saturated carbocycles. The van der Waals surface area contributed by atoms with E-state index in [4.69, 9.17) is 17.7 Å². The molecule has 0 radical (unpaired) electrons. The van der Waals surface area contributed by atoms with Crippen LogP contribution in [0.2, 0.25) is 78.6 Å². The Hall–Kier alpha value is 0.708. The van der Waals surface area contributed by atoms with Crippen LogP contribution in [0, 0.1) is 46.3 Å². The average Bonchev–Trinajstić information content (AvgIpc) is 3.19. The lowest BCUT2D eigenvalue weighted by Crippen LogP contribution is -2.64. The third kappa shape index (κ3) is 9.78. The summed E-state index contributed by atoms with van der Waals surface area (Å²) in [6.45, 7) is 41.3. The topological polar surface area (TPSA) is 36.9 Å². The molecule has 4 fully saturated rings. The van der Waals surface area contributed by atoms with E-state index in [9.17, 15) is 0 Å². The zero-order chi connectivity index (χ0) is 35.6. The second-order valence-electron chi connectivity index (χ2n) is 22.0. The van der Waals surface area contributed by atoms with Gasteiger partial charge in [-0.15, -0.1) is 0 Å². The van der Waals surface area contributed by atoms with Gasteiger partial charge in [0.2, 0.25) is 0 Å². The SMILES string of the molecule is CC(CCCC(C)(C)O[Si](C)(C)C)[C@H]1CC[C@H]2[C@@H]3[C@H](O[Si](C)(C)C)C[C@H]4C[C@H](O[Si](C)(C)C)CC[C@]4(C)[C@H]3C[C@H](O[Si](C)(C)C)[C@]12C. The fourth-order valence-corrected chi connectivity index (χ4v) is 17.1. The van der Waals surface area contributed by atoms with Gasteiger partial charge in [0.1, 0.15) is 0 Å². The molecule has 0 spiro atoms. The van der Waals surface area contributed by atoms with Gasteiger partial charge >= 0.3 is 0 Å². The van der Waals surface area contributed by atoms with E-state index >= 15 is 0 Å². The monoisotopic (exact) mass is 725 g/mol. The first-order chi connectivity index (χ1) is 21.1. The maximum absolute atomic E-state index is 7.46. The number of hydrogen-bond acceptors (Lipinski definition) is 4. The van der Waals surface area contributed by atoms with Crippen molar-refractivity contribution in [3.63, 3.8) is 0 Å². The molecule has 0 aromatic carbocycles. The minimum absolute atomic E-state index is 0.0254. The predicted molar refractivity (Wildman–Crippen MR) is 212 cm³/mol. The number of fused-ring (bicyclic) bond motifs is 5. The van der Waals surface area contributed by atoms with E-state index in [1.54, 1.807) is 0 Å². The minimum Gasteiger partial charge on any atom is -0.415 e. The van der Waals surface area contributed by atoms with E-state index in [1.165, 1.54) is 57.8 Å². The Morgan fingerprint density at radius 2 is 1.30 bits per heavy atom. The highest BCUT2D eigenvalue weighted by Crippen LogP contribution is 2.69. The van der Waals surface area contributed by atoms with Gasteiger partial charge in [0.25, 0.3) is 0 Å². The molecular weight excluding hydrogens is 645 g/mol. The molecule has 1 unspecified atom stereocenters. The first-order valence-electron chi connectivity index (χ1n) is 19.9. The average molecular weight is 725 g/mol. The van der Waals surface area contributed by atoms with Crippen molar-refractivity contribution in [1.82, 2.24) is 0 Å². The van der Waals surface area contributed by atoms with Crippen LogP contribution in [-0.2, 0) is 17.7 Å². The van der Waals surface area contributed by atoms with Gasteiger partial charge in [-0.1, -0.05) is 33.6 Å². The highest BCUT2D eigenvalue weighted by Gasteiger charge is 2.67. The zero-order valence-corrected chi connectivity index (χ0v) is 38.4. The lowest BCUT2D eigenvalue weighted by molar-refractivity contribution is -0.199. The van der Waals surface area contributed by atoms with Crippen LogP contribution in [0.3, 0.4) is 0 Å². The molecule has 0 amide bonds. The van der Waals surface area contributed by atoms with Gasteiger partial charge in [-0.3, -0.25) is 0 Å². The summed E-state index contributed by atoms with van der Waals surface area (Å²) in [5.74, 6) is 4.14. The van der Waals surface area contributed by atoms with E-state index in [2.05, 4.69) is 113 Å². The third-order valence-electron chi connectivity index (χ3n) is 13.0. The van der Waals surface area contributed by atoms with Crippen LogP contribution in [0.15, 0.2) is 0 Å². The molecule has 11 atom stereocenters. The first-order valence-corrected chi connectivity index (χ1v) is 33.5. The molecule has 4 nitrogen and oxygen atoms in total. The Balaban J connectivity index is 1.65. The molecule has 0 aliphatic heterocycles. The van der Waals surface area contributed by atoms with Gasteiger partial charge in [-0.05, 0) is 190 Å². The van der Waals surface area contributed by atoms with Gasteiger partial charge in [-0.2, -0.15) is 0 Å². The Bertz CT molecular complexity index is 1060. The van der Waals surface area contributed by atoms with Crippen LogP contribution in [-0.4, -0.2) is 57.2 Å². The fraction of sp³-hybridized carbons (Fsp3) is 1.00. The summed E-state index contributed by atoms with van der Waals surface area (Å²) in [6, 6.07) is 0. The van der Waals surface area contributed by atoms with E-state index in [0.29, 0.717) is 53.3 Å². The van der Waals surface area contributed by atoms with Crippen molar-refractivity contribution in [3.05, 3.63) is 0 Å². The highest BCUT2D eigenvalue weighted by atomic mass is 28.4. The third-order valence-corrected chi connectivity index (χ3v) is 17.2. The molecule has 4 aliphatic rings. The largest absolute Gasteiger partial charge is 0.415 e. The van der Waals surface area contributed by atoms with Crippen LogP contribution in [0.5, 0.6) is 0 Å². The van der Waals surface area contributed by atoms with Gasteiger partial charge in [0.15, 0.2) is 33.3 Å². The van der Waals surface area contributed by atoms with Gasteiger partial charge < -0.3 is 17.7 Å². The molecule has 4 rings (SSSR count). The van der Waals surface area contributed by atoms with Crippen LogP contribution in [0.4, 0.5) is 0 Å². The summed E-state index contributed by atoms with van der Waals surface area (Å²) in [5, 5.41) is 0. The molecule has 0 saturated heterocycles. The molecule has 0 bridgehead atoms. The Morgan fingerprint density at radius 1 is 0.702 bits per heavy atom. The van der Waals surface area contributed by atoms with Gasteiger partial charge in [0.05, 0.1) is 11.7 Å². The van der Waals surface area contributed by atoms with Crippen molar-refractivity contribution < 1.29 is 17.7 Å². The zero-order valence-electron chi connectivity index (χ0n) is 34.4. The molecule has 47 heavy (non-hydrogen) atoms. The van der Waals surface area contributed by atoms with Gasteiger partial charge in [0, 0.05) is 12.2 Å². The van der Waals surface area contributed by atoms with Crippen molar-refractivity contribution in [2.24, 2.45) is 46.3 Å². The maximum Gasteiger partial charge on any atom is 0.184 e. The van der Waals surface area contributed by atoms with Crippen LogP contribution < -0.4 is 0 Å². The lowest BCUT2D eigenvalue weighted by Gasteiger charge is -2.66. The molecule has 276 valence electrons. The Kier molecular flexibility index (Phi) is 12.0. The quantitative estimate of drug-likeness (QED) is 0.177. The van der Waals surface area contributed by atoms with Crippen LogP contribution in [0.25, 0.3) is 0 Å². The van der Waals surface area contributed by atoms with E-state index < -0.39 is 33.3 Å². The van der Waals surface area contributed by atoms with E-state index in [1.807, 2.05) is 0 Å². The normalized spacial score (nSPS) is 39.3. The molecular formula is C39H80O4Si4. The summed E-state index contributed by atoms with van der Waals surface area (Å²) in [6.07, 6.45) is 13.9. The summed E-state index contributed by atoms with van der Waals surface area (Å²) in [4.78, 5) is 0. The van der Waals surface area contributed by atoms with Crippen LogP contribution >= 0.6 is 0 Å². The maximum atomic E-state index is 7.46. The second kappa shape index (κ2) is 13.9. The van der Waals surface area contributed by atoms with Gasteiger partial charge in [-0.25, -0.2) is 0 Å². The standard InChI is InChI=1S/C39H80O4Si4/c1-28(19-18-23-37(2,3)43-47(15,16)17)31-20-21-32-36-33(27-35(39(31,32)5)42-46(12,13)14)38(4)24-22-30(40-44(6,7)8)25-29(38)26-34(36)41-45(9,10)11/h28-36H,18-27H2,1-17H3/t28?,29-,30-,31-,32+,33+,34-,35+,36+,38+,39-/m1/s1. The molecule has 4 aliphatic carbocycles. The van der Waals surface area contributed by atoms with Crippen LogP contribution in [0.1, 0.15) is 98.8 Å². The predicted octanol–water partition coefficient (Wildman–Crippen LogP) is 12.0. The van der Waals surface area contributed by atoms with Crippen molar-refractivity contribution >= 4 is 33.3 Å². The summed E-state index contributed by atoms with van der Waals surface area (Å²) < 4.78 is 28.3. The number of hydrogen-bond donors (Lipinski definition) is 0. The molecule has 0 aromatic heterocycles. The number of rotatable bonds is 13. The molecule has 0 aromatic rings. The summed E-state index contributed by atoms with van der Waals surface area (Å²) >= 11 is 0. The highest BCUT2D eigenvalue weighted by molar-refractivity contribution is 6.70. The fourth-order valence-electron chi connectivity index (χ4n) is 11.8. The second-order valence-corrected chi connectivity index (χ2v) is 39.8. The minimum atomic E-state index is -1.76. The molecule has 8 heteroatoms. The summed E-state index contributed by atoms with van der Waals surface area (Å²) in [7, 11) is -6.63. The Morgan fingerprint density at radius 3 is 1.85 bits per heavy atom.